The molecule has 7 heteroatoms. The van der Waals surface area contributed by atoms with Crippen molar-refractivity contribution in [1.29, 1.82) is 0 Å². The maximum Gasteiger partial charge on any atom is 0.276 e. The number of hydrogen-bond donors (Lipinski definition) is 2. The van der Waals surface area contributed by atoms with Gasteiger partial charge in [0.15, 0.2) is 5.69 Å². The highest BCUT2D eigenvalue weighted by molar-refractivity contribution is 5.93. The first-order valence-electron chi connectivity index (χ1n) is 4.98. The van der Waals surface area contributed by atoms with Crippen molar-refractivity contribution in [2.24, 2.45) is 11.1 Å². The molecule has 0 saturated carbocycles. The molecule has 0 aromatic carbocycles. The monoisotopic (exact) mass is 223 g/mol. The summed E-state index contributed by atoms with van der Waals surface area (Å²) in [5.41, 5.74) is 4.93. The van der Waals surface area contributed by atoms with Gasteiger partial charge in [-0.15, -0.1) is 0 Å². The van der Waals surface area contributed by atoms with Crippen LogP contribution >= 0.6 is 0 Å². The molecule has 1 fully saturated rings. The van der Waals surface area contributed by atoms with Crippen LogP contribution < -0.4 is 5.73 Å². The summed E-state index contributed by atoms with van der Waals surface area (Å²) in [6.07, 6.45) is 1.95. The molecule has 2 amide bonds. The number of aromatic nitrogens is 3. The molecule has 2 rings (SSSR count). The van der Waals surface area contributed by atoms with E-state index >= 15 is 0 Å². The molecule has 1 aromatic rings. The quantitative estimate of drug-likeness (QED) is 0.680. The minimum atomic E-state index is -0.626. The summed E-state index contributed by atoms with van der Waals surface area (Å²) >= 11 is 0. The molecule has 0 spiro atoms. The van der Waals surface area contributed by atoms with Gasteiger partial charge < -0.3 is 10.6 Å². The van der Waals surface area contributed by atoms with Crippen molar-refractivity contribution in [1.82, 2.24) is 20.3 Å². The molecule has 7 nitrogen and oxygen atoms in total. The Bertz CT molecular complexity index is 416. The minimum absolute atomic E-state index is 0.223. The van der Waals surface area contributed by atoms with Gasteiger partial charge in [0.1, 0.15) is 0 Å². The second-order valence-corrected chi connectivity index (χ2v) is 4.26. The van der Waals surface area contributed by atoms with Crippen LogP contribution in [0.5, 0.6) is 0 Å². The molecule has 3 N–H and O–H groups in total. The molecule has 1 atom stereocenters. The first-order valence-corrected chi connectivity index (χ1v) is 4.98. The van der Waals surface area contributed by atoms with Crippen LogP contribution in [0.4, 0.5) is 0 Å². The van der Waals surface area contributed by atoms with E-state index in [4.69, 9.17) is 5.73 Å². The Balaban J connectivity index is 2.10. The van der Waals surface area contributed by atoms with Crippen molar-refractivity contribution in [3.63, 3.8) is 0 Å². The summed E-state index contributed by atoms with van der Waals surface area (Å²) in [6, 6.07) is 0. The number of carbonyl (C=O) groups excluding carboxylic acids is 2. The second kappa shape index (κ2) is 3.58. The lowest BCUT2D eigenvalue weighted by molar-refractivity contribution is -0.126. The molecule has 86 valence electrons. The number of H-pyrrole nitrogens is 1. The molecule has 1 aliphatic rings. The van der Waals surface area contributed by atoms with Crippen LogP contribution in [0.15, 0.2) is 6.20 Å². The van der Waals surface area contributed by atoms with E-state index in [1.807, 2.05) is 0 Å². The van der Waals surface area contributed by atoms with Crippen LogP contribution in [0.25, 0.3) is 0 Å². The van der Waals surface area contributed by atoms with E-state index in [1.54, 1.807) is 11.8 Å². The molecule has 16 heavy (non-hydrogen) atoms. The number of aromatic amines is 1. The average molecular weight is 223 g/mol. The lowest BCUT2D eigenvalue weighted by atomic mass is 9.89. The number of nitrogens with zero attached hydrogens (tertiary/aromatic N) is 3. The highest BCUT2D eigenvalue weighted by Crippen LogP contribution is 2.29. The summed E-state index contributed by atoms with van der Waals surface area (Å²) < 4.78 is 0. The van der Waals surface area contributed by atoms with Crippen molar-refractivity contribution >= 4 is 11.8 Å². The van der Waals surface area contributed by atoms with Gasteiger partial charge >= 0.3 is 0 Å². The van der Waals surface area contributed by atoms with Crippen LogP contribution in [0.1, 0.15) is 23.8 Å². The predicted molar refractivity (Wildman–Crippen MR) is 54.2 cm³/mol. The van der Waals surface area contributed by atoms with Crippen molar-refractivity contribution < 1.29 is 9.59 Å². The van der Waals surface area contributed by atoms with Gasteiger partial charge in [-0.05, 0) is 13.3 Å². The molecule has 0 aliphatic carbocycles. The number of primary amides is 1. The van der Waals surface area contributed by atoms with Crippen molar-refractivity contribution in [2.45, 2.75) is 13.3 Å². The topological polar surface area (TPSA) is 105 Å². The Labute approximate surface area is 92.0 Å². The van der Waals surface area contributed by atoms with Crippen molar-refractivity contribution in [2.75, 3.05) is 13.1 Å². The number of nitrogens with two attached hydrogens (primary N) is 1. The molecule has 1 saturated heterocycles. The number of carbonyl (C=O) groups is 2. The van der Waals surface area contributed by atoms with E-state index in [0.717, 1.165) is 0 Å². The third-order valence-corrected chi connectivity index (χ3v) is 2.99. The zero-order valence-corrected chi connectivity index (χ0v) is 8.93. The van der Waals surface area contributed by atoms with Gasteiger partial charge in [-0.25, -0.2) is 0 Å². The van der Waals surface area contributed by atoms with Crippen LogP contribution in [0, 0.1) is 5.41 Å². The fourth-order valence-corrected chi connectivity index (χ4v) is 1.80. The average Bonchev–Trinajstić information content (AvgIpc) is 2.85. The lowest BCUT2D eigenvalue weighted by Gasteiger charge is -2.20. The van der Waals surface area contributed by atoms with E-state index < -0.39 is 5.41 Å². The predicted octanol–water partition coefficient (Wildman–Crippen LogP) is -0.858. The third kappa shape index (κ3) is 1.64. The first kappa shape index (κ1) is 10.6. The standard InChI is InChI=1S/C9H13N5O2/c1-9(8(10)16)2-3-14(5-9)7(15)6-4-11-13-12-6/h4H,2-3,5H2,1H3,(H2,10,16)(H,11,12,13). The van der Waals surface area contributed by atoms with Crippen LogP contribution in [-0.2, 0) is 4.79 Å². The van der Waals surface area contributed by atoms with Crippen LogP contribution in [-0.4, -0.2) is 45.2 Å². The zero-order valence-electron chi connectivity index (χ0n) is 8.93. The van der Waals surface area contributed by atoms with Crippen molar-refractivity contribution in [3.8, 4) is 0 Å². The van der Waals surface area contributed by atoms with Gasteiger partial charge in [-0.1, -0.05) is 0 Å². The summed E-state index contributed by atoms with van der Waals surface area (Å²) in [6.45, 7) is 2.63. The zero-order chi connectivity index (χ0) is 11.8. The minimum Gasteiger partial charge on any atom is -0.369 e. The highest BCUT2D eigenvalue weighted by atomic mass is 16.2. The Kier molecular flexibility index (Phi) is 2.37. The molecule has 0 bridgehead atoms. The van der Waals surface area contributed by atoms with Gasteiger partial charge in [-0.2, -0.15) is 15.4 Å². The number of nitrogens with one attached hydrogen (secondary N) is 1. The number of amides is 2. The van der Waals surface area contributed by atoms with E-state index in [2.05, 4.69) is 15.4 Å². The lowest BCUT2D eigenvalue weighted by Crippen LogP contribution is -2.38. The van der Waals surface area contributed by atoms with Gasteiger partial charge in [-0.3, -0.25) is 9.59 Å². The van der Waals surface area contributed by atoms with Gasteiger partial charge in [0.2, 0.25) is 5.91 Å². The molecular weight excluding hydrogens is 210 g/mol. The van der Waals surface area contributed by atoms with Crippen LogP contribution in [0.3, 0.4) is 0 Å². The largest absolute Gasteiger partial charge is 0.369 e. The molecule has 1 unspecified atom stereocenters. The summed E-state index contributed by atoms with van der Waals surface area (Å²) in [4.78, 5) is 24.7. The molecule has 0 radical (unpaired) electrons. The maximum atomic E-state index is 11.9. The fourth-order valence-electron chi connectivity index (χ4n) is 1.80. The summed E-state index contributed by atoms with van der Waals surface area (Å²) in [5.74, 6) is -0.596. The Morgan fingerprint density at radius 1 is 1.62 bits per heavy atom. The van der Waals surface area contributed by atoms with Gasteiger partial charge in [0.25, 0.3) is 5.91 Å². The number of likely N-dealkylation sites (tertiary alicyclic amines) is 1. The summed E-state index contributed by atoms with van der Waals surface area (Å²) in [5, 5.41) is 9.66. The first-order chi connectivity index (χ1) is 7.53. The highest BCUT2D eigenvalue weighted by Gasteiger charge is 2.41. The fraction of sp³-hybridized carbons (Fsp3) is 0.556. The Hall–Kier alpha value is -1.92. The Morgan fingerprint density at radius 3 is 2.88 bits per heavy atom. The smallest absolute Gasteiger partial charge is 0.276 e. The number of hydrogen-bond acceptors (Lipinski definition) is 4. The van der Waals surface area contributed by atoms with E-state index in [-0.39, 0.29) is 17.5 Å². The normalized spacial score (nSPS) is 24.7. The molecular formula is C9H13N5O2. The second-order valence-electron chi connectivity index (χ2n) is 4.26. The maximum absolute atomic E-state index is 11.9. The van der Waals surface area contributed by atoms with Crippen molar-refractivity contribution in [3.05, 3.63) is 11.9 Å². The van der Waals surface area contributed by atoms with Crippen LogP contribution in [0.2, 0.25) is 0 Å². The summed E-state index contributed by atoms with van der Waals surface area (Å²) in [7, 11) is 0. The SMILES string of the molecule is CC1(C(N)=O)CCN(C(=O)c2cn[nH]n2)C1. The van der Waals surface area contributed by atoms with E-state index in [0.29, 0.717) is 19.5 Å². The Morgan fingerprint density at radius 2 is 2.38 bits per heavy atom. The molecule has 1 aromatic heterocycles. The number of rotatable bonds is 2. The third-order valence-electron chi connectivity index (χ3n) is 2.99. The van der Waals surface area contributed by atoms with Gasteiger partial charge in [0, 0.05) is 13.1 Å². The van der Waals surface area contributed by atoms with E-state index in [1.165, 1.54) is 6.20 Å². The van der Waals surface area contributed by atoms with E-state index in [9.17, 15) is 9.59 Å². The molecule has 1 aliphatic heterocycles. The molecule has 2 heterocycles. The van der Waals surface area contributed by atoms with Gasteiger partial charge in [0.05, 0.1) is 11.6 Å².